The molecular formula is C17H19N5O2S. The summed E-state index contributed by atoms with van der Waals surface area (Å²) in [6, 6.07) is 10.2. The van der Waals surface area contributed by atoms with Gasteiger partial charge in [-0.1, -0.05) is 42.1 Å². The molecule has 1 aromatic carbocycles. The Morgan fingerprint density at radius 2 is 2.08 bits per heavy atom. The second-order valence-corrected chi connectivity index (χ2v) is 6.51. The summed E-state index contributed by atoms with van der Waals surface area (Å²) in [4.78, 5) is 18.3. The van der Waals surface area contributed by atoms with Gasteiger partial charge in [0.25, 0.3) is 5.22 Å². The van der Waals surface area contributed by atoms with Gasteiger partial charge in [-0.15, -0.1) is 10.2 Å². The van der Waals surface area contributed by atoms with Crippen molar-refractivity contribution in [1.29, 1.82) is 0 Å². The molecule has 0 atom stereocenters. The van der Waals surface area contributed by atoms with Crippen LogP contribution in [0.2, 0.25) is 0 Å². The fourth-order valence-corrected chi connectivity index (χ4v) is 3.03. The van der Waals surface area contributed by atoms with Crippen LogP contribution < -0.4 is 0 Å². The summed E-state index contributed by atoms with van der Waals surface area (Å²) in [5.74, 6) is 1.57. The minimum atomic E-state index is -0.0184. The van der Waals surface area contributed by atoms with Gasteiger partial charge >= 0.3 is 0 Å². The van der Waals surface area contributed by atoms with Gasteiger partial charge in [-0.05, 0) is 5.56 Å². The number of aromatic nitrogens is 4. The molecule has 130 valence electrons. The van der Waals surface area contributed by atoms with E-state index in [-0.39, 0.29) is 11.7 Å². The predicted molar refractivity (Wildman–Crippen MR) is 94.0 cm³/mol. The molecule has 0 saturated heterocycles. The zero-order valence-electron chi connectivity index (χ0n) is 14.1. The fraction of sp³-hybridized carbons (Fsp3) is 0.294. The van der Waals surface area contributed by atoms with Gasteiger partial charge in [-0.3, -0.25) is 4.79 Å². The highest BCUT2D eigenvalue weighted by molar-refractivity contribution is 7.99. The second-order valence-electron chi connectivity index (χ2n) is 5.58. The van der Waals surface area contributed by atoms with Gasteiger partial charge in [0.05, 0.1) is 12.3 Å². The third-order valence-corrected chi connectivity index (χ3v) is 4.43. The Labute approximate surface area is 150 Å². The molecule has 0 aliphatic carbocycles. The molecule has 7 nitrogen and oxygen atoms in total. The lowest BCUT2D eigenvalue weighted by Crippen LogP contribution is -2.29. The molecule has 0 bridgehead atoms. The third kappa shape index (κ3) is 4.69. The van der Waals surface area contributed by atoms with E-state index in [0.29, 0.717) is 17.7 Å². The lowest BCUT2D eigenvalue weighted by atomic mass is 10.2. The molecule has 0 saturated carbocycles. The summed E-state index contributed by atoms with van der Waals surface area (Å²) >= 11 is 1.24. The number of aryl methyl sites for hydroxylation is 1. The normalized spacial score (nSPS) is 10.8. The smallest absolute Gasteiger partial charge is 0.277 e. The summed E-state index contributed by atoms with van der Waals surface area (Å²) in [5, 5.41) is 8.03. The van der Waals surface area contributed by atoms with E-state index in [1.54, 1.807) is 25.1 Å². The molecule has 8 heteroatoms. The maximum atomic E-state index is 12.3. The molecule has 0 unspecified atom stereocenters. The molecule has 2 heterocycles. The van der Waals surface area contributed by atoms with Crippen LogP contribution >= 0.6 is 11.8 Å². The first-order valence-electron chi connectivity index (χ1n) is 7.82. The Morgan fingerprint density at radius 1 is 1.28 bits per heavy atom. The number of thioether (sulfide) groups is 1. The minimum absolute atomic E-state index is 0.0184. The quantitative estimate of drug-likeness (QED) is 0.604. The van der Waals surface area contributed by atoms with E-state index >= 15 is 0 Å². The van der Waals surface area contributed by atoms with Crippen molar-refractivity contribution < 1.29 is 9.21 Å². The summed E-state index contributed by atoms with van der Waals surface area (Å²) in [6.45, 7) is 2.90. The van der Waals surface area contributed by atoms with Gasteiger partial charge in [-0.25, -0.2) is 4.98 Å². The van der Waals surface area contributed by atoms with Crippen molar-refractivity contribution in [3.8, 4) is 0 Å². The molecule has 0 fully saturated rings. The molecule has 0 N–H and O–H groups in total. The largest absolute Gasteiger partial charge is 0.416 e. The molecule has 0 radical (unpaired) electrons. The van der Waals surface area contributed by atoms with E-state index in [1.165, 1.54) is 17.3 Å². The Kier molecular flexibility index (Phi) is 5.49. The van der Waals surface area contributed by atoms with Crippen molar-refractivity contribution in [3.63, 3.8) is 0 Å². The topological polar surface area (TPSA) is 77.1 Å². The van der Waals surface area contributed by atoms with Crippen molar-refractivity contribution >= 4 is 17.7 Å². The fourth-order valence-electron chi connectivity index (χ4n) is 2.29. The molecule has 3 rings (SSSR count). The van der Waals surface area contributed by atoms with Crippen LogP contribution in [0, 0.1) is 6.92 Å². The van der Waals surface area contributed by atoms with Crippen molar-refractivity contribution in [2.45, 2.75) is 25.2 Å². The van der Waals surface area contributed by atoms with Crippen LogP contribution in [0.5, 0.6) is 0 Å². The number of amides is 1. The van der Waals surface area contributed by atoms with Crippen LogP contribution in [-0.2, 0) is 17.9 Å². The van der Waals surface area contributed by atoms with E-state index in [1.807, 2.05) is 29.0 Å². The van der Waals surface area contributed by atoms with Crippen LogP contribution in [0.25, 0.3) is 0 Å². The van der Waals surface area contributed by atoms with E-state index in [2.05, 4.69) is 27.3 Å². The van der Waals surface area contributed by atoms with Gasteiger partial charge in [-0.2, -0.15) is 0 Å². The number of hydrogen-bond donors (Lipinski definition) is 0. The van der Waals surface area contributed by atoms with Gasteiger partial charge in [0, 0.05) is 32.9 Å². The molecule has 0 aliphatic rings. The number of rotatable bonds is 7. The number of hydrogen-bond acceptors (Lipinski definition) is 6. The lowest BCUT2D eigenvalue weighted by molar-refractivity contribution is -0.127. The third-order valence-electron chi connectivity index (χ3n) is 3.63. The van der Waals surface area contributed by atoms with Crippen LogP contribution in [0.4, 0.5) is 0 Å². The molecular weight excluding hydrogens is 338 g/mol. The maximum absolute atomic E-state index is 12.3. The molecule has 25 heavy (non-hydrogen) atoms. The Morgan fingerprint density at radius 3 is 2.80 bits per heavy atom. The zero-order chi connectivity index (χ0) is 17.6. The van der Waals surface area contributed by atoms with E-state index in [0.717, 1.165) is 12.4 Å². The lowest BCUT2D eigenvalue weighted by Gasteiger charge is -2.17. The Bertz CT molecular complexity index is 830. The predicted octanol–water partition coefficient (Wildman–Crippen LogP) is 2.37. The second kappa shape index (κ2) is 7.98. The Hall–Kier alpha value is -2.61. The van der Waals surface area contributed by atoms with Gasteiger partial charge in [0.2, 0.25) is 11.8 Å². The number of carbonyl (C=O) groups is 1. The first kappa shape index (κ1) is 17.2. The summed E-state index contributed by atoms with van der Waals surface area (Å²) < 4.78 is 7.31. The van der Waals surface area contributed by atoms with Crippen molar-refractivity contribution in [2.75, 3.05) is 12.8 Å². The van der Waals surface area contributed by atoms with Crippen molar-refractivity contribution in [3.05, 3.63) is 60.0 Å². The summed E-state index contributed by atoms with van der Waals surface area (Å²) in [7, 11) is 1.77. The van der Waals surface area contributed by atoms with E-state index < -0.39 is 0 Å². The number of carbonyl (C=O) groups excluding carboxylic acids is 1. The summed E-state index contributed by atoms with van der Waals surface area (Å²) in [5.41, 5.74) is 1.19. The number of imidazole rings is 1. The van der Waals surface area contributed by atoms with Crippen LogP contribution in [0.1, 0.15) is 17.3 Å². The highest BCUT2D eigenvalue weighted by atomic mass is 32.2. The van der Waals surface area contributed by atoms with Crippen molar-refractivity contribution in [1.82, 2.24) is 24.6 Å². The maximum Gasteiger partial charge on any atom is 0.277 e. The van der Waals surface area contributed by atoms with E-state index in [9.17, 15) is 4.79 Å². The number of benzene rings is 1. The SMILES string of the molecule is Cc1nnc(SCC(=O)N(C)Cc2nccn2Cc2ccccc2)o1. The minimum Gasteiger partial charge on any atom is -0.416 e. The first-order chi connectivity index (χ1) is 12.1. The van der Waals surface area contributed by atoms with Gasteiger partial charge in [0.1, 0.15) is 5.82 Å². The van der Waals surface area contributed by atoms with Crippen LogP contribution in [0.15, 0.2) is 52.4 Å². The molecule has 1 amide bonds. The molecule has 2 aromatic heterocycles. The average molecular weight is 357 g/mol. The van der Waals surface area contributed by atoms with Gasteiger partial charge in [0.15, 0.2) is 0 Å². The van der Waals surface area contributed by atoms with Crippen LogP contribution in [0.3, 0.4) is 0 Å². The highest BCUT2D eigenvalue weighted by Crippen LogP contribution is 2.16. The van der Waals surface area contributed by atoms with E-state index in [4.69, 9.17) is 4.42 Å². The first-order valence-corrected chi connectivity index (χ1v) is 8.81. The van der Waals surface area contributed by atoms with Crippen LogP contribution in [-0.4, -0.2) is 43.4 Å². The molecule has 0 spiro atoms. The number of nitrogens with zero attached hydrogens (tertiary/aromatic N) is 5. The monoisotopic (exact) mass is 357 g/mol. The average Bonchev–Trinajstić information content (AvgIpc) is 3.22. The zero-order valence-corrected chi connectivity index (χ0v) is 14.9. The molecule has 3 aromatic rings. The molecule has 0 aliphatic heterocycles. The summed E-state index contributed by atoms with van der Waals surface area (Å²) in [6.07, 6.45) is 3.68. The standard InChI is InChI=1S/C17H19N5O2S/c1-13-19-20-17(24-13)25-12-16(23)21(2)11-15-18-8-9-22(15)10-14-6-4-3-5-7-14/h3-9H,10-12H2,1-2H3. The Balaban J connectivity index is 1.56. The van der Waals surface area contributed by atoms with Gasteiger partial charge < -0.3 is 13.9 Å². The van der Waals surface area contributed by atoms with Crippen molar-refractivity contribution in [2.24, 2.45) is 0 Å². The highest BCUT2D eigenvalue weighted by Gasteiger charge is 2.14.